The van der Waals surface area contributed by atoms with Gasteiger partial charge in [-0.05, 0) is 18.2 Å². The molecule has 1 aromatic rings. The maximum Gasteiger partial charge on any atom is 0.372 e. The predicted octanol–water partition coefficient (Wildman–Crippen LogP) is 1.96. The fourth-order valence-electron chi connectivity index (χ4n) is 0.668. The third kappa shape index (κ3) is 7.21. The summed E-state index contributed by atoms with van der Waals surface area (Å²) in [6, 6.07) is 6.11. The maximum absolute atomic E-state index is 10.6. The Labute approximate surface area is 95.9 Å². The van der Waals surface area contributed by atoms with Crippen molar-refractivity contribution in [3.63, 3.8) is 0 Å². The average molecular weight is 251 g/mol. The monoisotopic (exact) mass is 250 g/mol. The maximum atomic E-state index is 10.6. The summed E-state index contributed by atoms with van der Waals surface area (Å²) in [7, 11) is 0. The van der Waals surface area contributed by atoms with E-state index in [1.54, 1.807) is 24.6 Å². The lowest BCUT2D eigenvalue weighted by Gasteiger charge is -1.95. The van der Waals surface area contributed by atoms with Crippen molar-refractivity contribution < 1.29 is 19.5 Å². The Hall–Kier alpha value is -0.750. The number of halogens is 1. The minimum atomic E-state index is -0.813. The van der Waals surface area contributed by atoms with Crippen LogP contribution in [-0.2, 0) is 16.1 Å². The van der Waals surface area contributed by atoms with Crippen molar-refractivity contribution in [1.82, 2.24) is 0 Å². The van der Waals surface area contributed by atoms with Crippen LogP contribution in [0.1, 0.15) is 10.4 Å². The van der Waals surface area contributed by atoms with E-state index in [0.717, 1.165) is 0 Å². The Bertz CT molecular complexity index is 314. The first-order chi connectivity index (χ1) is 6.97. The first-order valence-electron chi connectivity index (χ1n) is 3.83. The van der Waals surface area contributed by atoms with Crippen LogP contribution < -0.4 is 0 Å². The summed E-state index contributed by atoms with van der Waals surface area (Å²) < 4.78 is 9.56. The summed E-state index contributed by atoms with van der Waals surface area (Å²) in [5, 5.41) is 8.41. The highest BCUT2D eigenvalue weighted by Gasteiger charge is 2.05. The van der Waals surface area contributed by atoms with Gasteiger partial charge in [-0.3, -0.25) is 4.89 Å². The SMILES string of the molecule is C[S+](C)[O-].O=C(OO)c1cccc(Cl)c1. The molecule has 0 saturated heterocycles. The topological polar surface area (TPSA) is 69.6 Å². The van der Waals surface area contributed by atoms with Crippen LogP contribution in [0.25, 0.3) is 0 Å². The van der Waals surface area contributed by atoms with E-state index >= 15 is 0 Å². The molecule has 0 unspecified atom stereocenters. The van der Waals surface area contributed by atoms with Crippen LogP contribution in [0.4, 0.5) is 0 Å². The van der Waals surface area contributed by atoms with E-state index in [1.807, 2.05) is 0 Å². The van der Waals surface area contributed by atoms with Gasteiger partial charge in [0.1, 0.15) is 0 Å². The molecule has 1 rings (SSSR count). The summed E-state index contributed by atoms with van der Waals surface area (Å²) in [5.74, 6) is -0.813. The third-order valence-electron chi connectivity index (χ3n) is 1.14. The van der Waals surface area contributed by atoms with Crippen LogP contribution in [0.15, 0.2) is 24.3 Å². The molecule has 1 aromatic carbocycles. The van der Waals surface area contributed by atoms with Crippen LogP contribution >= 0.6 is 11.6 Å². The lowest BCUT2D eigenvalue weighted by molar-refractivity contribution is -0.182. The molecular weight excluding hydrogens is 240 g/mol. The Morgan fingerprint density at radius 2 is 2.07 bits per heavy atom. The van der Waals surface area contributed by atoms with E-state index in [-0.39, 0.29) is 5.56 Å². The van der Waals surface area contributed by atoms with Crippen LogP contribution in [0.2, 0.25) is 5.02 Å². The molecule has 15 heavy (non-hydrogen) atoms. The molecular formula is C9H11ClO4S. The Morgan fingerprint density at radius 1 is 1.53 bits per heavy atom. The smallest absolute Gasteiger partial charge is 0.372 e. The highest BCUT2D eigenvalue weighted by molar-refractivity contribution is 7.89. The van der Waals surface area contributed by atoms with Gasteiger partial charge in [-0.2, -0.15) is 5.26 Å². The lowest BCUT2D eigenvalue weighted by Crippen LogP contribution is -2.00. The van der Waals surface area contributed by atoms with Gasteiger partial charge in [-0.15, -0.1) is 0 Å². The molecule has 0 saturated carbocycles. The van der Waals surface area contributed by atoms with Crippen LogP contribution in [0, 0.1) is 0 Å². The van der Waals surface area contributed by atoms with Gasteiger partial charge in [0.15, 0.2) is 0 Å². The molecule has 0 bridgehead atoms. The number of carbonyl (C=O) groups excluding carboxylic acids is 1. The third-order valence-corrected chi connectivity index (χ3v) is 1.38. The second kappa shape index (κ2) is 7.53. The first-order valence-corrected chi connectivity index (χ1v) is 6.18. The quantitative estimate of drug-likeness (QED) is 0.470. The van der Waals surface area contributed by atoms with Gasteiger partial charge in [0, 0.05) is 5.02 Å². The zero-order chi connectivity index (χ0) is 11.8. The molecule has 0 spiro atoms. The van der Waals surface area contributed by atoms with Crippen molar-refractivity contribution in [3.8, 4) is 0 Å². The minimum absolute atomic E-state index is 0.222. The highest BCUT2D eigenvalue weighted by Crippen LogP contribution is 2.10. The summed E-state index contributed by atoms with van der Waals surface area (Å²) in [4.78, 5) is 14.1. The molecule has 0 heterocycles. The fraction of sp³-hybridized carbons (Fsp3) is 0.222. The van der Waals surface area contributed by atoms with Gasteiger partial charge < -0.3 is 4.55 Å². The molecule has 0 fully saturated rings. The Balaban J connectivity index is 0.000000423. The Kier molecular flexibility index (Phi) is 7.15. The highest BCUT2D eigenvalue weighted by atomic mass is 35.5. The summed E-state index contributed by atoms with van der Waals surface area (Å²) in [5.41, 5.74) is 0.222. The number of benzene rings is 1. The number of rotatable bonds is 1. The molecule has 6 heteroatoms. The molecule has 0 aliphatic heterocycles. The second-order valence-corrected chi connectivity index (χ2v) is 4.55. The largest absolute Gasteiger partial charge is 0.617 e. The molecule has 0 aliphatic rings. The van der Waals surface area contributed by atoms with Gasteiger partial charge in [0.05, 0.1) is 18.1 Å². The molecule has 84 valence electrons. The molecule has 0 amide bonds. The zero-order valence-corrected chi connectivity index (χ0v) is 9.84. The normalized spacial score (nSPS) is 9.20. The lowest BCUT2D eigenvalue weighted by atomic mass is 10.2. The van der Waals surface area contributed by atoms with Gasteiger partial charge >= 0.3 is 5.97 Å². The molecule has 4 nitrogen and oxygen atoms in total. The van der Waals surface area contributed by atoms with E-state index in [1.165, 1.54) is 12.1 Å². The van der Waals surface area contributed by atoms with E-state index in [0.29, 0.717) is 5.02 Å². The molecule has 0 radical (unpaired) electrons. The number of carbonyl (C=O) groups is 1. The van der Waals surface area contributed by atoms with Gasteiger partial charge in [-0.25, -0.2) is 4.79 Å². The molecule has 0 aromatic heterocycles. The molecule has 1 N–H and O–H groups in total. The van der Waals surface area contributed by atoms with Crippen LogP contribution in [0.5, 0.6) is 0 Å². The summed E-state index contributed by atoms with van der Waals surface area (Å²) in [6.45, 7) is 0. The van der Waals surface area contributed by atoms with E-state index in [9.17, 15) is 9.35 Å². The summed E-state index contributed by atoms with van der Waals surface area (Å²) in [6.07, 6.45) is 3.28. The predicted molar refractivity (Wildman–Crippen MR) is 59.5 cm³/mol. The van der Waals surface area contributed by atoms with Crippen molar-refractivity contribution in [2.75, 3.05) is 12.5 Å². The van der Waals surface area contributed by atoms with Crippen molar-refractivity contribution in [1.29, 1.82) is 0 Å². The average Bonchev–Trinajstić information content (AvgIpc) is 2.16. The summed E-state index contributed by atoms with van der Waals surface area (Å²) >= 11 is 4.95. The van der Waals surface area contributed by atoms with Gasteiger partial charge in [0.25, 0.3) is 0 Å². The number of hydrogen-bond donors (Lipinski definition) is 1. The van der Waals surface area contributed by atoms with Crippen molar-refractivity contribution in [2.24, 2.45) is 0 Å². The minimum Gasteiger partial charge on any atom is -0.617 e. The van der Waals surface area contributed by atoms with Crippen LogP contribution in [-0.4, -0.2) is 28.3 Å². The van der Waals surface area contributed by atoms with E-state index < -0.39 is 17.1 Å². The first kappa shape index (κ1) is 14.2. The standard InChI is InChI=1S/C7H5ClO3.C2H6OS/c8-6-3-1-2-5(4-6)7(9)11-10;1-4(2)3/h1-4,10H;1-2H3. The van der Waals surface area contributed by atoms with E-state index in [2.05, 4.69) is 4.89 Å². The van der Waals surface area contributed by atoms with E-state index in [4.69, 9.17) is 16.9 Å². The second-order valence-electron chi connectivity index (χ2n) is 2.63. The van der Waals surface area contributed by atoms with Crippen molar-refractivity contribution in [2.45, 2.75) is 0 Å². The van der Waals surface area contributed by atoms with Gasteiger partial charge in [0.2, 0.25) is 0 Å². The molecule has 0 atom stereocenters. The van der Waals surface area contributed by atoms with Crippen molar-refractivity contribution in [3.05, 3.63) is 34.9 Å². The van der Waals surface area contributed by atoms with Crippen molar-refractivity contribution >= 4 is 28.7 Å². The van der Waals surface area contributed by atoms with Gasteiger partial charge in [-0.1, -0.05) is 28.8 Å². The fourth-order valence-corrected chi connectivity index (χ4v) is 0.858. The zero-order valence-electron chi connectivity index (χ0n) is 8.27. The van der Waals surface area contributed by atoms with Crippen LogP contribution in [0.3, 0.4) is 0 Å². The Morgan fingerprint density at radius 3 is 2.47 bits per heavy atom. The molecule has 0 aliphatic carbocycles. The number of hydrogen-bond acceptors (Lipinski definition) is 4.